The highest BCUT2D eigenvalue weighted by atomic mass is 32.2. The van der Waals surface area contributed by atoms with E-state index >= 15 is 0 Å². The van der Waals surface area contributed by atoms with Gasteiger partial charge in [-0.15, -0.1) is 0 Å². The van der Waals surface area contributed by atoms with Crippen molar-refractivity contribution >= 4 is 11.8 Å². The highest BCUT2D eigenvalue weighted by Crippen LogP contribution is 2.37. The van der Waals surface area contributed by atoms with Crippen molar-refractivity contribution in [1.82, 2.24) is 4.90 Å². The van der Waals surface area contributed by atoms with E-state index in [1.54, 1.807) is 0 Å². The average molecular weight is 294 g/mol. The maximum Gasteiger partial charge on any atom is 0.0334 e. The Morgan fingerprint density at radius 3 is 2.20 bits per heavy atom. The van der Waals surface area contributed by atoms with E-state index in [1.807, 2.05) is 11.8 Å². The van der Waals surface area contributed by atoms with Crippen LogP contribution in [0, 0.1) is 5.92 Å². The molecular weight excluding hydrogens is 262 g/mol. The Morgan fingerprint density at radius 2 is 1.70 bits per heavy atom. The maximum atomic E-state index is 2.58. The molecule has 0 saturated heterocycles. The molecule has 2 heteroatoms. The van der Waals surface area contributed by atoms with Gasteiger partial charge < -0.3 is 4.90 Å². The van der Waals surface area contributed by atoms with E-state index in [4.69, 9.17) is 0 Å². The molecule has 2 atom stereocenters. The molecule has 0 aliphatic heterocycles. The molecule has 0 spiro atoms. The zero-order valence-corrected chi connectivity index (χ0v) is 14.5. The predicted molar refractivity (Wildman–Crippen MR) is 93.5 cm³/mol. The number of nitrogens with zero attached hydrogens (tertiary/aromatic N) is 1. The minimum absolute atomic E-state index is 0.628. The zero-order chi connectivity index (χ0) is 14.8. The van der Waals surface area contributed by atoms with Crippen LogP contribution < -0.4 is 0 Å². The molecule has 0 aliphatic carbocycles. The Balaban J connectivity index is 2.82. The maximum absolute atomic E-state index is 2.58. The molecular formula is C18H31NS. The van der Waals surface area contributed by atoms with Gasteiger partial charge in [-0.2, -0.15) is 11.8 Å². The topological polar surface area (TPSA) is 3.24 Å². The van der Waals surface area contributed by atoms with Crippen molar-refractivity contribution in [3.8, 4) is 0 Å². The van der Waals surface area contributed by atoms with Crippen molar-refractivity contribution in [3.05, 3.63) is 35.9 Å². The molecule has 1 aromatic carbocycles. The second-order valence-electron chi connectivity index (χ2n) is 5.46. The van der Waals surface area contributed by atoms with E-state index in [0.29, 0.717) is 5.25 Å². The summed E-state index contributed by atoms with van der Waals surface area (Å²) < 4.78 is 0. The molecule has 0 heterocycles. The van der Waals surface area contributed by atoms with Crippen LogP contribution in [0.1, 0.15) is 50.8 Å². The predicted octanol–water partition coefficient (Wildman–Crippen LogP) is 5.24. The molecule has 0 saturated carbocycles. The van der Waals surface area contributed by atoms with Crippen molar-refractivity contribution in [2.75, 3.05) is 25.9 Å². The first-order valence-corrected chi connectivity index (χ1v) is 9.35. The van der Waals surface area contributed by atoms with Gasteiger partial charge in [0.1, 0.15) is 0 Å². The summed E-state index contributed by atoms with van der Waals surface area (Å²) >= 11 is 2.02. The molecule has 0 aliphatic rings. The van der Waals surface area contributed by atoms with Gasteiger partial charge in [0, 0.05) is 11.8 Å². The molecule has 114 valence electrons. The van der Waals surface area contributed by atoms with Gasteiger partial charge in [0.15, 0.2) is 0 Å². The van der Waals surface area contributed by atoms with Crippen LogP contribution in [0.3, 0.4) is 0 Å². The van der Waals surface area contributed by atoms with Crippen LogP contribution in [0.2, 0.25) is 0 Å². The SMILES string of the molecule is CCCC[C@@H](CN(CC)CC)[C@H](SC)c1ccccc1. The fourth-order valence-corrected chi connectivity index (χ4v) is 3.90. The summed E-state index contributed by atoms with van der Waals surface area (Å²) in [4.78, 5) is 2.58. The number of rotatable bonds is 10. The third-order valence-corrected chi connectivity index (χ3v) is 5.29. The Labute approximate surface area is 130 Å². The Bertz CT molecular complexity index is 335. The van der Waals surface area contributed by atoms with Crippen molar-refractivity contribution in [3.63, 3.8) is 0 Å². The first-order chi connectivity index (χ1) is 9.76. The number of hydrogen-bond acceptors (Lipinski definition) is 2. The van der Waals surface area contributed by atoms with Crippen molar-refractivity contribution in [1.29, 1.82) is 0 Å². The summed E-state index contributed by atoms with van der Waals surface area (Å²) in [5, 5.41) is 0.628. The van der Waals surface area contributed by atoms with Gasteiger partial charge >= 0.3 is 0 Å². The highest BCUT2D eigenvalue weighted by Gasteiger charge is 2.23. The Morgan fingerprint density at radius 1 is 1.05 bits per heavy atom. The Hall–Kier alpha value is -0.470. The molecule has 0 fully saturated rings. The molecule has 0 unspecified atom stereocenters. The standard InChI is InChI=1S/C18H31NS/c1-5-8-12-17(15-19(6-2)7-3)18(20-4)16-13-10-9-11-14-16/h9-11,13-14,17-18H,5-8,12,15H2,1-4H3/t17-,18+/m0/s1. The second kappa shape index (κ2) is 10.3. The van der Waals surface area contributed by atoms with E-state index in [0.717, 1.165) is 19.0 Å². The first-order valence-electron chi connectivity index (χ1n) is 8.06. The lowest BCUT2D eigenvalue weighted by Gasteiger charge is -2.31. The number of thioether (sulfide) groups is 1. The van der Waals surface area contributed by atoms with Gasteiger partial charge in [0.25, 0.3) is 0 Å². The molecule has 1 rings (SSSR count). The van der Waals surface area contributed by atoms with Crippen LogP contribution >= 0.6 is 11.8 Å². The summed E-state index contributed by atoms with van der Waals surface area (Å²) in [5.74, 6) is 0.757. The van der Waals surface area contributed by atoms with Gasteiger partial charge in [-0.05, 0) is 37.2 Å². The zero-order valence-electron chi connectivity index (χ0n) is 13.6. The van der Waals surface area contributed by atoms with Gasteiger partial charge in [-0.1, -0.05) is 63.9 Å². The summed E-state index contributed by atoms with van der Waals surface area (Å²) in [7, 11) is 0. The molecule has 1 aromatic rings. The van der Waals surface area contributed by atoms with Gasteiger partial charge in [-0.25, -0.2) is 0 Å². The molecule has 20 heavy (non-hydrogen) atoms. The molecule has 0 amide bonds. The Kier molecular flexibility index (Phi) is 9.04. The lowest BCUT2D eigenvalue weighted by atomic mass is 9.93. The molecule has 0 radical (unpaired) electrons. The largest absolute Gasteiger partial charge is 0.304 e. The van der Waals surface area contributed by atoms with E-state index in [-0.39, 0.29) is 0 Å². The van der Waals surface area contributed by atoms with Crippen molar-refractivity contribution < 1.29 is 0 Å². The van der Waals surface area contributed by atoms with Crippen LogP contribution in [-0.2, 0) is 0 Å². The normalized spacial score (nSPS) is 14.4. The summed E-state index contributed by atoms with van der Waals surface area (Å²) in [5.41, 5.74) is 1.49. The quantitative estimate of drug-likeness (QED) is 0.580. The van der Waals surface area contributed by atoms with Crippen molar-refractivity contribution in [2.24, 2.45) is 5.92 Å². The summed E-state index contributed by atoms with van der Waals surface area (Å²) in [6.45, 7) is 10.4. The van der Waals surface area contributed by atoms with E-state index in [2.05, 4.69) is 62.3 Å². The lowest BCUT2D eigenvalue weighted by molar-refractivity contribution is 0.239. The van der Waals surface area contributed by atoms with Gasteiger partial charge in [0.05, 0.1) is 0 Å². The smallest absolute Gasteiger partial charge is 0.0334 e. The number of unbranched alkanes of at least 4 members (excludes halogenated alkanes) is 1. The van der Waals surface area contributed by atoms with Crippen LogP contribution in [0.25, 0.3) is 0 Å². The van der Waals surface area contributed by atoms with Crippen molar-refractivity contribution in [2.45, 2.75) is 45.3 Å². The van der Waals surface area contributed by atoms with Crippen LogP contribution in [-0.4, -0.2) is 30.8 Å². The van der Waals surface area contributed by atoms with E-state index < -0.39 is 0 Å². The van der Waals surface area contributed by atoms with E-state index in [9.17, 15) is 0 Å². The van der Waals surface area contributed by atoms with Gasteiger partial charge in [0.2, 0.25) is 0 Å². The van der Waals surface area contributed by atoms with Gasteiger partial charge in [-0.3, -0.25) is 0 Å². The molecule has 1 nitrogen and oxygen atoms in total. The second-order valence-corrected chi connectivity index (χ2v) is 6.43. The fourth-order valence-electron chi connectivity index (χ4n) is 2.86. The first kappa shape index (κ1) is 17.6. The molecule has 0 aromatic heterocycles. The lowest BCUT2D eigenvalue weighted by Crippen LogP contribution is -2.31. The summed E-state index contributed by atoms with van der Waals surface area (Å²) in [6.07, 6.45) is 6.24. The fraction of sp³-hybridized carbons (Fsp3) is 0.667. The highest BCUT2D eigenvalue weighted by molar-refractivity contribution is 7.98. The van der Waals surface area contributed by atoms with E-state index in [1.165, 1.54) is 31.4 Å². The van der Waals surface area contributed by atoms with Crippen LogP contribution in [0.15, 0.2) is 30.3 Å². The van der Waals surface area contributed by atoms with Crippen LogP contribution in [0.4, 0.5) is 0 Å². The average Bonchev–Trinajstić information content (AvgIpc) is 2.51. The minimum atomic E-state index is 0.628. The summed E-state index contributed by atoms with van der Waals surface area (Å²) in [6, 6.07) is 11.1. The van der Waals surface area contributed by atoms with Crippen LogP contribution in [0.5, 0.6) is 0 Å². The monoisotopic (exact) mass is 293 g/mol. The minimum Gasteiger partial charge on any atom is -0.304 e. The molecule has 0 bridgehead atoms. The number of benzene rings is 1. The third kappa shape index (κ3) is 5.49. The molecule has 0 N–H and O–H groups in total. The number of hydrogen-bond donors (Lipinski definition) is 0. The third-order valence-electron chi connectivity index (χ3n) is 4.13.